The highest BCUT2D eigenvalue weighted by atomic mass is 19.4. The molecule has 0 saturated carbocycles. The van der Waals surface area contributed by atoms with Crippen molar-refractivity contribution in [3.05, 3.63) is 53.2 Å². The van der Waals surface area contributed by atoms with Crippen molar-refractivity contribution in [3.63, 3.8) is 0 Å². The fraction of sp³-hybridized carbons (Fsp3) is 0.440. The Morgan fingerprint density at radius 3 is 2.31 bits per heavy atom. The van der Waals surface area contributed by atoms with Crippen LogP contribution in [0.5, 0.6) is 0 Å². The largest absolute Gasteiger partial charge is 0.390 e. The molecule has 0 aliphatic carbocycles. The highest BCUT2D eigenvalue weighted by molar-refractivity contribution is 6.02. The minimum absolute atomic E-state index is 0.0170. The molecule has 3 atom stereocenters. The number of fused-ring (bicyclic) bond motifs is 2. The molecule has 11 heteroatoms. The van der Waals surface area contributed by atoms with Crippen molar-refractivity contribution < 1.29 is 27.6 Å². The SMILES string of the molecule is CC(=O)c1ccc(N2[C@@H]3CC[C@H]2CC(NC(=O)c2ccc(C(N)=O)c(NCCC(F)(F)F)c2)C3)nc1. The van der Waals surface area contributed by atoms with Gasteiger partial charge in [0.05, 0.1) is 12.0 Å². The lowest BCUT2D eigenvalue weighted by molar-refractivity contribution is -0.131. The van der Waals surface area contributed by atoms with Gasteiger partial charge >= 0.3 is 6.18 Å². The van der Waals surface area contributed by atoms with Crippen LogP contribution in [-0.4, -0.2) is 53.4 Å². The number of rotatable bonds is 8. The number of carbonyl (C=O) groups excluding carboxylic acids is 3. The summed E-state index contributed by atoms with van der Waals surface area (Å²) in [4.78, 5) is 42.9. The number of aromatic nitrogens is 1. The zero-order chi connectivity index (χ0) is 26.0. The second-order valence-electron chi connectivity index (χ2n) is 9.31. The van der Waals surface area contributed by atoms with Gasteiger partial charge in [-0.1, -0.05) is 0 Å². The number of anilines is 2. The number of Topliss-reactive ketones (excluding diaryl/α,β-unsaturated/α-hetero) is 1. The molecule has 4 N–H and O–H groups in total. The van der Waals surface area contributed by atoms with Crippen LogP contribution in [-0.2, 0) is 0 Å². The molecule has 2 aromatic rings. The van der Waals surface area contributed by atoms with Crippen molar-refractivity contribution in [1.82, 2.24) is 10.3 Å². The number of nitrogens with one attached hydrogen (secondary N) is 2. The normalized spacial score (nSPS) is 21.2. The van der Waals surface area contributed by atoms with E-state index < -0.39 is 25.0 Å². The van der Waals surface area contributed by atoms with Gasteiger partial charge in [-0.05, 0) is 62.9 Å². The van der Waals surface area contributed by atoms with Crippen LogP contribution in [0.25, 0.3) is 0 Å². The highest BCUT2D eigenvalue weighted by Crippen LogP contribution is 2.38. The Kier molecular flexibility index (Phi) is 7.18. The fourth-order valence-electron chi connectivity index (χ4n) is 5.07. The summed E-state index contributed by atoms with van der Waals surface area (Å²) in [5.74, 6) is -0.396. The summed E-state index contributed by atoms with van der Waals surface area (Å²) in [5, 5.41) is 5.61. The van der Waals surface area contributed by atoms with Crippen LogP contribution < -0.4 is 21.3 Å². The van der Waals surface area contributed by atoms with Gasteiger partial charge in [0.15, 0.2) is 5.78 Å². The van der Waals surface area contributed by atoms with Crippen molar-refractivity contribution in [3.8, 4) is 0 Å². The number of hydrogen-bond acceptors (Lipinski definition) is 6. The van der Waals surface area contributed by atoms with Crippen molar-refractivity contribution in [2.45, 2.75) is 63.3 Å². The lowest BCUT2D eigenvalue weighted by atomic mass is 9.96. The van der Waals surface area contributed by atoms with Crippen LogP contribution in [0.3, 0.4) is 0 Å². The second kappa shape index (κ2) is 10.2. The summed E-state index contributed by atoms with van der Waals surface area (Å²) in [5.41, 5.74) is 6.24. The number of ketones is 1. The van der Waals surface area contributed by atoms with Crippen LogP contribution in [0, 0.1) is 0 Å². The molecule has 8 nitrogen and oxygen atoms in total. The maximum Gasteiger partial charge on any atom is 0.390 e. The quantitative estimate of drug-likeness (QED) is 0.473. The van der Waals surface area contributed by atoms with Gasteiger partial charge in [0.25, 0.3) is 11.8 Å². The first-order chi connectivity index (χ1) is 17.0. The Hall–Kier alpha value is -3.63. The molecule has 1 aromatic heterocycles. The number of primary amides is 1. The molecule has 0 radical (unpaired) electrons. The third-order valence-corrected chi connectivity index (χ3v) is 6.76. The number of nitrogens with zero attached hydrogens (tertiary/aromatic N) is 2. The van der Waals surface area contributed by atoms with Gasteiger partial charge in [-0.2, -0.15) is 13.2 Å². The van der Waals surface area contributed by atoms with E-state index in [-0.39, 0.29) is 46.6 Å². The van der Waals surface area contributed by atoms with Crippen LogP contribution in [0.2, 0.25) is 0 Å². The Labute approximate surface area is 206 Å². The first-order valence-electron chi connectivity index (χ1n) is 11.8. The maximum absolute atomic E-state index is 13.0. The average Bonchev–Trinajstić information content (AvgIpc) is 3.08. The highest BCUT2D eigenvalue weighted by Gasteiger charge is 2.41. The van der Waals surface area contributed by atoms with Crippen LogP contribution in [0.15, 0.2) is 36.5 Å². The summed E-state index contributed by atoms with van der Waals surface area (Å²) in [7, 11) is 0. The molecule has 2 fully saturated rings. The number of carbonyl (C=O) groups is 3. The standard InChI is InChI=1S/C25H28F3N5O3/c1-14(34)16-3-7-22(31-13-16)33-18-4-5-19(33)12-17(11-18)32-24(36)15-2-6-20(23(29)35)21(10-15)30-9-8-25(26,27)28/h2-3,6-7,10,13,17-19,30H,4-5,8-9,11-12H2,1H3,(H2,29,35)(H,32,36)/t17?,18-,19+. The van der Waals surface area contributed by atoms with Gasteiger partial charge in [-0.15, -0.1) is 0 Å². The van der Waals surface area contributed by atoms with E-state index in [1.807, 2.05) is 6.07 Å². The summed E-state index contributed by atoms with van der Waals surface area (Å²) >= 11 is 0. The zero-order valence-electron chi connectivity index (χ0n) is 19.8. The van der Waals surface area contributed by atoms with Crippen LogP contribution >= 0.6 is 0 Å². The monoisotopic (exact) mass is 503 g/mol. The zero-order valence-corrected chi connectivity index (χ0v) is 19.8. The number of benzene rings is 1. The number of hydrogen-bond donors (Lipinski definition) is 3. The average molecular weight is 504 g/mol. The Bertz CT molecular complexity index is 1140. The van der Waals surface area contributed by atoms with Gasteiger partial charge in [0, 0.05) is 47.7 Å². The predicted octanol–water partition coefficient (Wildman–Crippen LogP) is 3.68. The molecule has 1 unspecified atom stereocenters. The van der Waals surface area contributed by atoms with Gasteiger partial charge in [0.2, 0.25) is 0 Å². The molecule has 192 valence electrons. The van der Waals surface area contributed by atoms with E-state index in [1.165, 1.54) is 25.1 Å². The molecule has 1 aromatic carbocycles. The topological polar surface area (TPSA) is 117 Å². The Balaban J connectivity index is 1.42. The number of nitrogens with two attached hydrogens (primary N) is 1. The number of amides is 2. The molecular formula is C25H28F3N5O3. The van der Waals surface area contributed by atoms with Gasteiger partial charge in [0.1, 0.15) is 5.82 Å². The van der Waals surface area contributed by atoms with Crippen LogP contribution in [0.4, 0.5) is 24.7 Å². The van der Waals surface area contributed by atoms with Crippen LogP contribution in [0.1, 0.15) is 70.1 Å². The minimum Gasteiger partial charge on any atom is -0.384 e. The van der Waals surface area contributed by atoms with E-state index in [1.54, 1.807) is 12.3 Å². The molecule has 3 heterocycles. The van der Waals surface area contributed by atoms with E-state index in [4.69, 9.17) is 5.73 Å². The van der Waals surface area contributed by atoms with E-state index in [2.05, 4.69) is 20.5 Å². The lowest BCUT2D eigenvalue weighted by Crippen LogP contribution is -2.50. The van der Waals surface area contributed by atoms with Gasteiger partial charge < -0.3 is 21.3 Å². The molecule has 4 rings (SSSR count). The van der Waals surface area contributed by atoms with Crippen molar-refractivity contribution in [1.29, 1.82) is 0 Å². The fourth-order valence-corrected chi connectivity index (χ4v) is 5.07. The maximum atomic E-state index is 13.0. The predicted molar refractivity (Wildman–Crippen MR) is 128 cm³/mol. The van der Waals surface area contributed by atoms with Crippen molar-refractivity contribution in [2.75, 3.05) is 16.8 Å². The molecule has 2 aliphatic rings. The number of alkyl halides is 3. The summed E-state index contributed by atoms with van der Waals surface area (Å²) < 4.78 is 37.6. The summed E-state index contributed by atoms with van der Waals surface area (Å²) in [6.07, 6.45) is -0.491. The molecule has 36 heavy (non-hydrogen) atoms. The summed E-state index contributed by atoms with van der Waals surface area (Å²) in [6, 6.07) is 8.08. The third-order valence-electron chi connectivity index (χ3n) is 6.76. The van der Waals surface area contributed by atoms with Gasteiger partial charge in [-0.25, -0.2) is 4.98 Å². The number of piperidine rings is 1. The van der Waals surface area contributed by atoms with Crippen molar-refractivity contribution >= 4 is 29.1 Å². The minimum atomic E-state index is -4.35. The molecule has 2 bridgehead atoms. The van der Waals surface area contributed by atoms with E-state index >= 15 is 0 Å². The van der Waals surface area contributed by atoms with Gasteiger partial charge in [-0.3, -0.25) is 14.4 Å². The second-order valence-corrected chi connectivity index (χ2v) is 9.31. The Morgan fingerprint density at radius 1 is 1.08 bits per heavy atom. The Morgan fingerprint density at radius 2 is 1.75 bits per heavy atom. The molecule has 2 aliphatic heterocycles. The lowest BCUT2D eigenvalue weighted by Gasteiger charge is -2.40. The first kappa shape index (κ1) is 25.5. The molecule has 0 spiro atoms. The molecule has 2 saturated heterocycles. The number of halogens is 3. The molecular weight excluding hydrogens is 475 g/mol. The van der Waals surface area contributed by atoms with E-state index in [9.17, 15) is 27.6 Å². The third kappa shape index (κ3) is 5.77. The van der Waals surface area contributed by atoms with E-state index in [0.717, 1.165) is 18.7 Å². The smallest absolute Gasteiger partial charge is 0.384 e. The number of pyridine rings is 1. The van der Waals surface area contributed by atoms with E-state index in [0.29, 0.717) is 18.4 Å². The summed E-state index contributed by atoms with van der Waals surface area (Å²) in [6.45, 7) is 1.05. The molecule has 2 amide bonds. The first-order valence-corrected chi connectivity index (χ1v) is 11.8. The van der Waals surface area contributed by atoms with Crippen molar-refractivity contribution in [2.24, 2.45) is 5.73 Å².